The molecular formula is C24H34N4O2. The van der Waals surface area contributed by atoms with Crippen LogP contribution >= 0.6 is 0 Å². The number of carbonyl (C=O) groups excluding carboxylic acids is 2. The highest BCUT2D eigenvalue weighted by atomic mass is 16.2. The van der Waals surface area contributed by atoms with Gasteiger partial charge in [0.1, 0.15) is 5.82 Å². The van der Waals surface area contributed by atoms with Gasteiger partial charge in [-0.3, -0.25) is 9.59 Å². The lowest BCUT2D eigenvalue weighted by molar-refractivity contribution is -0.142. The fourth-order valence-electron chi connectivity index (χ4n) is 5.02. The van der Waals surface area contributed by atoms with Gasteiger partial charge in [-0.15, -0.1) is 0 Å². The van der Waals surface area contributed by atoms with Crippen LogP contribution in [0.1, 0.15) is 51.3 Å². The van der Waals surface area contributed by atoms with Crippen LogP contribution < -0.4 is 0 Å². The van der Waals surface area contributed by atoms with Crippen LogP contribution in [0.4, 0.5) is 0 Å². The Morgan fingerprint density at radius 3 is 2.50 bits per heavy atom. The van der Waals surface area contributed by atoms with Crippen molar-refractivity contribution >= 4 is 22.8 Å². The molecule has 2 atom stereocenters. The molecule has 1 aromatic carbocycles. The molecule has 2 saturated heterocycles. The highest BCUT2D eigenvalue weighted by molar-refractivity contribution is 5.82. The number of hydrogen-bond acceptors (Lipinski definition) is 3. The van der Waals surface area contributed by atoms with Crippen molar-refractivity contribution in [2.24, 2.45) is 11.8 Å². The van der Waals surface area contributed by atoms with Crippen LogP contribution in [0.15, 0.2) is 24.3 Å². The van der Waals surface area contributed by atoms with Crippen molar-refractivity contribution in [1.29, 1.82) is 0 Å². The van der Waals surface area contributed by atoms with E-state index in [1.165, 1.54) is 12.8 Å². The summed E-state index contributed by atoms with van der Waals surface area (Å²) in [5.41, 5.74) is 2.04. The van der Waals surface area contributed by atoms with Gasteiger partial charge in [0.25, 0.3) is 0 Å². The summed E-state index contributed by atoms with van der Waals surface area (Å²) in [5, 5.41) is 0. The smallest absolute Gasteiger partial charge is 0.227 e. The minimum atomic E-state index is -0.145. The van der Waals surface area contributed by atoms with E-state index in [2.05, 4.69) is 20.5 Å². The molecule has 1 aromatic heterocycles. The van der Waals surface area contributed by atoms with Crippen molar-refractivity contribution in [2.45, 2.75) is 58.9 Å². The van der Waals surface area contributed by atoms with E-state index in [1.54, 1.807) is 0 Å². The van der Waals surface area contributed by atoms with Gasteiger partial charge in [-0.25, -0.2) is 4.98 Å². The molecule has 0 unspecified atom stereocenters. The van der Waals surface area contributed by atoms with Crippen molar-refractivity contribution in [3.63, 3.8) is 0 Å². The van der Waals surface area contributed by atoms with Gasteiger partial charge >= 0.3 is 0 Å². The number of piperidine rings is 1. The number of aromatic nitrogens is 2. The third-order valence-corrected chi connectivity index (χ3v) is 6.72. The number of fused-ring (bicyclic) bond motifs is 1. The molecule has 30 heavy (non-hydrogen) atoms. The standard InChI is InChI=1S/C24H34N4O2/c1-18(16-28-19(2)25-21-11-5-6-12-22(21)28)23(29)27-15-9-10-20(17-27)24(30)26-13-7-3-4-8-14-26/h5-6,11-12,18,20H,3-4,7-10,13-17H2,1-2H3/t18-,20+/m1/s1. The highest BCUT2D eigenvalue weighted by Gasteiger charge is 2.33. The lowest BCUT2D eigenvalue weighted by Crippen LogP contribution is -2.48. The van der Waals surface area contributed by atoms with E-state index in [0.717, 1.165) is 62.2 Å². The molecule has 6 heteroatoms. The Hall–Kier alpha value is -2.37. The second-order valence-electron chi connectivity index (χ2n) is 9.02. The van der Waals surface area contributed by atoms with E-state index in [-0.39, 0.29) is 23.7 Å². The van der Waals surface area contributed by atoms with Crippen molar-refractivity contribution < 1.29 is 9.59 Å². The number of hydrogen-bond donors (Lipinski definition) is 0. The second kappa shape index (κ2) is 9.19. The molecular weight excluding hydrogens is 376 g/mol. The summed E-state index contributed by atoms with van der Waals surface area (Å²) in [6.45, 7) is 7.70. The molecule has 4 rings (SSSR count). The number of imidazole rings is 1. The summed E-state index contributed by atoms with van der Waals surface area (Å²) in [7, 11) is 0. The first kappa shape index (κ1) is 20.9. The molecule has 6 nitrogen and oxygen atoms in total. The quantitative estimate of drug-likeness (QED) is 0.773. The number of nitrogens with zero attached hydrogens (tertiary/aromatic N) is 4. The van der Waals surface area contributed by atoms with Crippen LogP contribution in [0, 0.1) is 18.8 Å². The van der Waals surface area contributed by atoms with Gasteiger partial charge in [-0.05, 0) is 44.7 Å². The zero-order chi connectivity index (χ0) is 21.1. The van der Waals surface area contributed by atoms with E-state index < -0.39 is 0 Å². The molecule has 2 aromatic rings. The average molecular weight is 411 g/mol. The van der Waals surface area contributed by atoms with Crippen molar-refractivity contribution in [3.05, 3.63) is 30.1 Å². The molecule has 0 radical (unpaired) electrons. The van der Waals surface area contributed by atoms with Gasteiger partial charge in [0.15, 0.2) is 0 Å². The van der Waals surface area contributed by atoms with Crippen LogP contribution in [0.3, 0.4) is 0 Å². The fraction of sp³-hybridized carbons (Fsp3) is 0.625. The third kappa shape index (κ3) is 4.37. The molecule has 0 N–H and O–H groups in total. The summed E-state index contributed by atoms with van der Waals surface area (Å²) in [5.74, 6) is 1.17. The Morgan fingerprint density at radius 2 is 1.73 bits per heavy atom. The first-order valence-electron chi connectivity index (χ1n) is 11.5. The van der Waals surface area contributed by atoms with Crippen LogP contribution in [0.25, 0.3) is 11.0 Å². The summed E-state index contributed by atoms with van der Waals surface area (Å²) >= 11 is 0. The van der Waals surface area contributed by atoms with Crippen molar-refractivity contribution in [1.82, 2.24) is 19.4 Å². The Bertz CT molecular complexity index is 898. The molecule has 0 aliphatic carbocycles. The zero-order valence-corrected chi connectivity index (χ0v) is 18.3. The second-order valence-corrected chi connectivity index (χ2v) is 9.02. The van der Waals surface area contributed by atoms with Gasteiger partial charge in [0, 0.05) is 32.7 Å². The first-order chi connectivity index (χ1) is 14.5. The Labute approximate surface area is 179 Å². The summed E-state index contributed by atoms with van der Waals surface area (Å²) in [6.07, 6.45) is 6.47. The van der Waals surface area contributed by atoms with Gasteiger partial charge in [-0.1, -0.05) is 31.9 Å². The van der Waals surface area contributed by atoms with Gasteiger partial charge < -0.3 is 14.4 Å². The lowest BCUT2D eigenvalue weighted by atomic mass is 9.95. The Kier molecular flexibility index (Phi) is 6.40. The lowest BCUT2D eigenvalue weighted by Gasteiger charge is -2.36. The first-order valence-corrected chi connectivity index (χ1v) is 11.5. The zero-order valence-electron chi connectivity index (χ0n) is 18.3. The maximum atomic E-state index is 13.2. The van der Waals surface area contributed by atoms with E-state index in [1.807, 2.05) is 36.9 Å². The van der Waals surface area contributed by atoms with Crippen molar-refractivity contribution in [3.8, 4) is 0 Å². The minimum Gasteiger partial charge on any atom is -0.342 e. The number of amides is 2. The Morgan fingerprint density at radius 1 is 1.03 bits per heavy atom. The predicted molar refractivity (Wildman–Crippen MR) is 118 cm³/mol. The molecule has 3 heterocycles. The number of aryl methyl sites for hydroxylation is 1. The number of benzene rings is 1. The van der Waals surface area contributed by atoms with Crippen LogP contribution in [-0.4, -0.2) is 57.3 Å². The molecule has 0 saturated carbocycles. The van der Waals surface area contributed by atoms with Gasteiger partial charge in [0.2, 0.25) is 11.8 Å². The SMILES string of the molecule is Cc1nc2ccccc2n1C[C@@H](C)C(=O)N1CCC[C@H](C(=O)N2CCCCCC2)C1. The van der Waals surface area contributed by atoms with E-state index in [9.17, 15) is 9.59 Å². The molecule has 0 bridgehead atoms. The summed E-state index contributed by atoms with van der Waals surface area (Å²) in [4.78, 5) is 34.9. The normalized spacial score (nSPS) is 21.5. The topological polar surface area (TPSA) is 58.4 Å². The molecule has 2 aliphatic heterocycles. The molecule has 162 valence electrons. The van der Waals surface area contributed by atoms with Crippen LogP contribution in [-0.2, 0) is 16.1 Å². The largest absolute Gasteiger partial charge is 0.342 e. The monoisotopic (exact) mass is 410 g/mol. The number of rotatable bonds is 4. The minimum absolute atomic E-state index is 0.0381. The molecule has 2 amide bonds. The van der Waals surface area contributed by atoms with E-state index in [4.69, 9.17) is 0 Å². The van der Waals surface area contributed by atoms with E-state index in [0.29, 0.717) is 13.1 Å². The molecule has 0 spiro atoms. The van der Waals surface area contributed by atoms with Crippen molar-refractivity contribution in [2.75, 3.05) is 26.2 Å². The van der Waals surface area contributed by atoms with Crippen LogP contribution in [0.2, 0.25) is 0 Å². The van der Waals surface area contributed by atoms with Crippen LogP contribution in [0.5, 0.6) is 0 Å². The molecule has 2 aliphatic rings. The third-order valence-electron chi connectivity index (χ3n) is 6.72. The van der Waals surface area contributed by atoms with E-state index >= 15 is 0 Å². The Balaban J connectivity index is 1.41. The maximum absolute atomic E-state index is 13.2. The van der Waals surface area contributed by atoms with Gasteiger partial charge in [-0.2, -0.15) is 0 Å². The predicted octanol–water partition coefficient (Wildman–Crippen LogP) is 3.62. The van der Waals surface area contributed by atoms with Gasteiger partial charge in [0.05, 0.1) is 22.9 Å². The molecule has 2 fully saturated rings. The maximum Gasteiger partial charge on any atom is 0.227 e. The number of para-hydroxylation sites is 2. The summed E-state index contributed by atoms with van der Waals surface area (Å²) in [6, 6.07) is 8.07. The number of carbonyl (C=O) groups is 2. The highest BCUT2D eigenvalue weighted by Crippen LogP contribution is 2.24. The average Bonchev–Trinajstić information content (AvgIpc) is 2.93. The number of likely N-dealkylation sites (tertiary alicyclic amines) is 2. The fourth-order valence-corrected chi connectivity index (χ4v) is 5.02. The summed E-state index contributed by atoms with van der Waals surface area (Å²) < 4.78 is 2.14.